The first-order chi connectivity index (χ1) is 10.0. The highest BCUT2D eigenvalue weighted by atomic mass is 32.1. The van der Waals surface area contributed by atoms with Crippen molar-refractivity contribution in [2.24, 2.45) is 0 Å². The van der Waals surface area contributed by atoms with Crippen molar-refractivity contribution >= 4 is 29.0 Å². The topological polar surface area (TPSA) is 81.4 Å². The number of anilines is 1. The van der Waals surface area contributed by atoms with Gasteiger partial charge >= 0.3 is 5.97 Å². The predicted molar refractivity (Wildman–Crippen MR) is 78.4 cm³/mol. The first-order valence-electron chi connectivity index (χ1n) is 6.50. The van der Waals surface area contributed by atoms with E-state index in [1.807, 2.05) is 18.4 Å². The number of esters is 1. The number of aromatic nitrogens is 1. The maximum atomic E-state index is 12.1. The van der Waals surface area contributed by atoms with Gasteiger partial charge in [0.1, 0.15) is 10.6 Å². The van der Waals surface area contributed by atoms with E-state index in [1.54, 1.807) is 19.9 Å². The smallest absolute Gasteiger partial charge is 0.349 e. The highest BCUT2D eigenvalue weighted by molar-refractivity contribution is 7.12. The van der Waals surface area contributed by atoms with Crippen LogP contribution >= 0.6 is 11.3 Å². The SMILES string of the molecule is CC[C@@H](OC(=O)c1sccc1C)C(=O)Nc1cc(C)on1. The Bertz CT molecular complexity index is 647. The van der Waals surface area contributed by atoms with Crippen LogP contribution in [-0.2, 0) is 9.53 Å². The lowest BCUT2D eigenvalue weighted by atomic mass is 10.2. The highest BCUT2D eigenvalue weighted by Gasteiger charge is 2.24. The van der Waals surface area contributed by atoms with Crippen molar-refractivity contribution in [1.29, 1.82) is 0 Å². The molecule has 0 aliphatic rings. The molecule has 2 aromatic heterocycles. The Morgan fingerprint density at radius 2 is 2.24 bits per heavy atom. The van der Waals surface area contributed by atoms with E-state index >= 15 is 0 Å². The van der Waals surface area contributed by atoms with Gasteiger partial charge in [0.15, 0.2) is 11.9 Å². The van der Waals surface area contributed by atoms with Gasteiger partial charge in [0.25, 0.3) is 5.91 Å². The molecule has 0 radical (unpaired) electrons. The van der Waals surface area contributed by atoms with Crippen molar-refractivity contribution in [3.05, 3.63) is 33.7 Å². The van der Waals surface area contributed by atoms with Crippen LogP contribution in [0.1, 0.15) is 34.3 Å². The molecule has 112 valence electrons. The van der Waals surface area contributed by atoms with E-state index in [4.69, 9.17) is 9.26 Å². The van der Waals surface area contributed by atoms with Gasteiger partial charge in [0.2, 0.25) is 0 Å². The molecule has 1 N–H and O–H groups in total. The van der Waals surface area contributed by atoms with Crippen LogP contribution in [0.25, 0.3) is 0 Å². The second kappa shape index (κ2) is 6.53. The molecule has 0 saturated heterocycles. The average molecular weight is 308 g/mol. The predicted octanol–water partition coefficient (Wildman–Crippen LogP) is 2.93. The zero-order valence-corrected chi connectivity index (χ0v) is 12.8. The Morgan fingerprint density at radius 3 is 2.76 bits per heavy atom. The molecular weight excluding hydrogens is 292 g/mol. The highest BCUT2D eigenvalue weighted by Crippen LogP contribution is 2.18. The number of amides is 1. The van der Waals surface area contributed by atoms with E-state index in [9.17, 15) is 9.59 Å². The number of nitrogens with one attached hydrogen (secondary N) is 1. The molecule has 0 bridgehead atoms. The number of carbonyl (C=O) groups excluding carboxylic acids is 2. The minimum Gasteiger partial charge on any atom is -0.448 e. The fraction of sp³-hybridized carbons (Fsp3) is 0.357. The summed E-state index contributed by atoms with van der Waals surface area (Å²) in [5.41, 5.74) is 0.840. The van der Waals surface area contributed by atoms with Crippen LogP contribution in [0.5, 0.6) is 0 Å². The quantitative estimate of drug-likeness (QED) is 0.859. The minimum atomic E-state index is -0.865. The van der Waals surface area contributed by atoms with Gasteiger partial charge in [0, 0.05) is 6.07 Å². The van der Waals surface area contributed by atoms with Gasteiger partial charge in [-0.15, -0.1) is 11.3 Å². The molecule has 2 heterocycles. The second-order valence-electron chi connectivity index (χ2n) is 4.55. The third kappa shape index (κ3) is 3.69. The van der Waals surface area contributed by atoms with E-state index in [0.717, 1.165) is 5.56 Å². The van der Waals surface area contributed by atoms with Gasteiger partial charge in [-0.3, -0.25) is 4.79 Å². The Morgan fingerprint density at radius 1 is 1.48 bits per heavy atom. The number of rotatable bonds is 5. The molecule has 0 aliphatic heterocycles. The monoisotopic (exact) mass is 308 g/mol. The van der Waals surface area contributed by atoms with Crippen LogP contribution in [0.3, 0.4) is 0 Å². The van der Waals surface area contributed by atoms with Crippen LogP contribution in [0.4, 0.5) is 5.82 Å². The van der Waals surface area contributed by atoms with E-state index in [-0.39, 0.29) is 0 Å². The van der Waals surface area contributed by atoms with E-state index in [1.165, 1.54) is 11.3 Å². The lowest BCUT2D eigenvalue weighted by Gasteiger charge is -2.14. The van der Waals surface area contributed by atoms with Gasteiger partial charge in [0.05, 0.1) is 0 Å². The first kappa shape index (κ1) is 15.2. The third-order valence-corrected chi connectivity index (χ3v) is 3.84. The Hall–Kier alpha value is -2.15. The molecule has 0 fully saturated rings. The molecule has 0 aromatic carbocycles. The normalized spacial score (nSPS) is 12.0. The summed E-state index contributed by atoms with van der Waals surface area (Å²) in [6, 6.07) is 3.43. The van der Waals surface area contributed by atoms with Gasteiger partial charge in [-0.25, -0.2) is 4.79 Å². The lowest BCUT2D eigenvalue weighted by Crippen LogP contribution is -2.32. The zero-order chi connectivity index (χ0) is 15.4. The molecule has 0 aliphatic carbocycles. The molecule has 1 atom stereocenters. The van der Waals surface area contributed by atoms with Gasteiger partial charge in [-0.1, -0.05) is 12.1 Å². The summed E-state index contributed by atoms with van der Waals surface area (Å²) in [5.74, 6) is -0.0157. The van der Waals surface area contributed by atoms with Crippen molar-refractivity contribution in [3.63, 3.8) is 0 Å². The number of nitrogens with zero attached hydrogens (tertiary/aromatic N) is 1. The summed E-state index contributed by atoms with van der Waals surface area (Å²) in [6.45, 7) is 5.32. The molecule has 6 nitrogen and oxygen atoms in total. The second-order valence-corrected chi connectivity index (χ2v) is 5.46. The summed E-state index contributed by atoms with van der Waals surface area (Å²) in [4.78, 5) is 24.6. The third-order valence-electron chi connectivity index (χ3n) is 2.84. The minimum absolute atomic E-state index is 0.305. The van der Waals surface area contributed by atoms with Crippen LogP contribution in [0.15, 0.2) is 22.0 Å². The van der Waals surface area contributed by atoms with Gasteiger partial charge in [-0.2, -0.15) is 0 Å². The van der Waals surface area contributed by atoms with Crippen LogP contribution < -0.4 is 5.32 Å². The summed E-state index contributed by atoms with van der Waals surface area (Å²) in [7, 11) is 0. The van der Waals surface area contributed by atoms with Crippen LogP contribution in [0.2, 0.25) is 0 Å². The zero-order valence-electron chi connectivity index (χ0n) is 12.0. The number of aryl methyl sites for hydroxylation is 2. The molecule has 0 unspecified atom stereocenters. The van der Waals surface area contributed by atoms with Crippen molar-refractivity contribution in [1.82, 2.24) is 5.16 Å². The number of ether oxygens (including phenoxy) is 1. The summed E-state index contributed by atoms with van der Waals surface area (Å²) < 4.78 is 10.1. The van der Waals surface area contributed by atoms with Crippen molar-refractivity contribution in [3.8, 4) is 0 Å². The Labute approximate surface area is 126 Å². The first-order valence-corrected chi connectivity index (χ1v) is 7.38. The van der Waals surface area contributed by atoms with Crippen molar-refractivity contribution in [2.45, 2.75) is 33.3 Å². The van der Waals surface area contributed by atoms with E-state index in [2.05, 4.69) is 10.5 Å². The van der Waals surface area contributed by atoms with E-state index in [0.29, 0.717) is 22.9 Å². The fourth-order valence-electron chi connectivity index (χ4n) is 1.72. The van der Waals surface area contributed by atoms with Crippen LogP contribution in [-0.4, -0.2) is 23.1 Å². The summed E-state index contributed by atoms with van der Waals surface area (Å²) in [5, 5.41) is 8.04. The molecular formula is C14H16N2O4S. The van der Waals surface area contributed by atoms with Gasteiger partial charge < -0.3 is 14.6 Å². The lowest BCUT2D eigenvalue weighted by molar-refractivity contribution is -0.124. The van der Waals surface area contributed by atoms with Crippen molar-refractivity contribution in [2.75, 3.05) is 5.32 Å². The largest absolute Gasteiger partial charge is 0.448 e. The summed E-state index contributed by atoms with van der Waals surface area (Å²) in [6.07, 6.45) is -0.491. The standard InChI is InChI=1S/C14H16N2O4S/c1-4-10(13(17)15-11-7-9(3)20-16-11)19-14(18)12-8(2)5-6-21-12/h5-7,10H,4H2,1-3H3,(H,15,16,17)/t10-/m1/s1. The average Bonchev–Trinajstić information content (AvgIpc) is 3.04. The summed E-state index contributed by atoms with van der Waals surface area (Å²) >= 11 is 1.30. The maximum absolute atomic E-state index is 12.1. The molecule has 2 aromatic rings. The molecule has 0 saturated carbocycles. The number of thiophene rings is 1. The van der Waals surface area contributed by atoms with E-state index < -0.39 is 18.0 Å². The number of hydrogen-bond donors (Lipinski definition) is 1. The number of hydrogen-bond acceptors (Lipinski definition) is 6. The molecule has 7 heteroatoms. The molecule has 0 spiro atoms. The Kier molecular flexibility index (Phi) is 4.74. The van der Waals surface area contributed by atoms with Crippen LogP contribution in [0, 0.1) is 13.8 Å². The van der Waals surface area contributed by atoms with Crippen molar-refractivity contribution < 1.29 is 18.8 Å². The number of carbonyl (C=O) groups is 2. The molecule has 2 rings (SSSR count). The molecule has 21 heavy (non-hydrogen) atoms. The maximum Gasteiger partial charge on any atom is 0.349 e. The Balaban J connectivity index is 2.00. The van der Waals surface area contributed by atoms with Gasteiger partial charge in [-0.05, 0) is 37.3 Å². The molecule has 1 amide bonds. The fourth-order valence-corrected chi connectivity index (χ4v) is 2.53.